The third kappa shape index (κ3) is 2.06. The van der Waals surface area contributed by atoms with Gasteiger partial charge in [-0.05, 0) is 37.8 Å². The van der Waals surface area contributed by atoms with Gasteiger partial charge < -0.3 is 9.84 Å². The van der Waals surface area contributed by atoms with Gasteiger partial charge in [0.1, 0.15) is 5.76 Å². The van der Waals surface area contributed by atoms with Crippen molar-refractivity contribution in [2.24, 2.45) is 0 Å². The molecule has 2 aromatic rings. The quantitative estimate of drug-likeness (QED) is 0.899. The molecule has 0 atom stereocenters. The molecule has 1 aliphatic rings. The number of nitrogens with zero attached hydrogens (tertiary/aromatic N) is 1. The van der Waals surface area contributed by atoms with Crippen LogP contribution in [0.2, 0.25) is 0 Å². The van der Waals surface area contributed by atoms with Gasteiger partial charge in [-0.3, -0.25) is 0 Å². The summed E-state index contributed by atoms with van der Waals surface area (Å²) in [7, 11) is 0. The maximum atomic E-state index is 5.18. The van der Waals surface area contributed by atoms with E-state index < -0.39 is 0 Å². The Hall–Kier alpha value is -1.61. The molecular weight excluding hydrogens is 224 g/mol. The predicted octanol–water partition coefficient (Wildman–Crippen LogP) is 2.55. The normalized spacial score (nSPS) is 15.0. The maximum absolute atomic E-state index is 5.18. The molecule has 1 heterocycles. The van der Waals surface area contributed by atoms with Crippen LogP contribution in [0.1, 0.15) is 28.1 Å². The van der Waals surface area contributed by atoms with Gasteiger partial charge in [0.05, 0.1) is 5.69 Å². The van der Waals surface area contributed by atoms with Crippen molar-refractivity contribution >= 4 is 0 Å². The van der Waals surface area contributed by atoms with Crippen LogP contribution in [0.15, 0.2) is 28.8 Å². The van der Waals surface area contributed by atoms with E-state index in [2.05, 4.69) is 34.7 Å². The third-order valence-electron chi connectivity index (χ3n) is 3.80. The van der Waals surface area contributed by atoms with Crippen LogP contribution in [-0.4, -0.2) is 11.2 Å². The van der Waals surface area contributed by atoms with E-state index in [0.29, 0.717) is 6.04 Å². The van der Waals surface area contributed by atoms with Gasteiger partial charge in [0.25, 0.3) is 0 Å². The first-order valence-corrected chi connectivity index (χ1v) is 6.46. The summed E-state index contributed by atoms with van der Waals surface area (Å²) in [5.74, 6) is 0.926. The van der Waals surface area contributed by atoms with Crippen LogP contribution in [0.5, 0.6) is 0 Å². The molecular formula is C15H18N2O. The van der Waals surface area contributed by atoms with Gasteiger partial charge in [0, 0.05) is 18.2 Å². The highest BCUT2D eigenvalue weighted by molar-refractivity contribution is 5.33. The van der Waals surface area contributed by atoms with Crippen LogP contribution in [0, 0.1) is 13.8 Å². The van der Waals surface area contributed by atoms with Gasteiger partial charge in [-0.1, -0.05) is 29.4 Å². The summed E-state index contributed by atoms with van der Waals surface area (Å²) in [6.07, 6.45) is 2.25. The van der Waals surface area contributed by atoms with Crippen LogP contribution >= 0.6 is 0 Å². The lowest BCUT2D eigenvalue weighted by atomic mass is 10.1. The van der Waals surface area contributed by atoms with Gasteiger partial charge in [-0.2, -0.15) is 0 Å². The van der Waals surface area contributed by atoms with Crippen LogP contribution < -0.4 is 5.32 Å². The molecule has 0 unspecified atom stereocenters. The lowest BCUT2D eigenvalue weighted by Crippen LogP contribution is -2.29. The van der Waals surface area contributed by atoms with E-state index in [1.165, 1.54) is 16.7 Å². The van der Waals surface area contributed by atoms with Crippen molar-refractivity contribution in [3.8, 4) is 0 Å². The zero-order valence-corrected chi connectivity index (χ0v) is 10.9. The molecule has 0 aliphatic heterocycles. The van der Waals surface area contributed by atoms with Gasteiger partial charge in [0.2, 0.25) is 0 Å². The van der Waals surface area contributed by atoms with E-state index in [0.717, 1.165) is 30.8 Å². The fraction of sp³-hybridized carbons (Fsp3) is 0.400. The summed E-state index contributed by atoms with van der Waals surface area (Å²) < 4.78 is 5.18. The molecule has 0 radical (unpaired) electrons. The minimum absolute atomic E-state index is 0.538. The summed E-state index contributed by atoms with van der Waals surface area (Å²) >= 11 is 0. The molecule has 0 fully saturated rings. The molecule has 1 aromatic heterocycles. The minimum Gasteiger partial charge on any atom is -0.361 e. The average molecular weight is 242 g/mol. The lowest BCUT2D eigenvalue weighted by Gasteiger charge is -2.11. The summed E-state index contributed by atoms with van der Waals surface area (Å²) in [6.45, 7) is 4.82. The van der Waals surface area contributed by atoms with E-state index in [9.17, 15) is 0 Å². The van der Waals surface area contributed by atoms with Gasteiger partial charge in [0.15, 0.2) is 0 Å². The van der Waals surface area contributed by atoms with Crippen LogP contribution in [0.4, 0.5) is 0 Å². The van der Waals surface area contributed by atoms with E-state index in [4.69, 9.17) is 4.52 Å². The van der Waals surface area contributed by atoms with E-state index >= 15 is 0 Å². The first kappa shape index (κ1) is 11.5. The largest absolute Gasteiger partial charge is 0.361 e. The molecule has 3 heteroatoms. The molecule has 94 valence electrons. The lowest BCUT2D eigenvalue weighted by molar-refractivity contribution is 0.391. The molecule has 3 rings (SSSR count). The number of hydrogen-bond acceptors (Lipinski definition) is 3. The number of rotatable bonds is 3. The number of fused-ring (bicyclic) bond motifs is 1. The minimum atomic E-state index is 0.538. The van der Waals surface area contributed by atoms with E-state index in [-0.39, 0.29) is 0 Å². The molecule has 18 heavy (non-hydrogen) atoms. The van der Waals surface area contributed by atoms with Gasteiger partial charge >= 0.3 is 0 Å². The monoisotopic (exact) mass is 242 g/mol. The molecule has 0 saturated carbocycles. The zero-order valence-electron chi connectivity index (χ0n) is 10.9. The van der Waals surface area contributed by atoms with Crippen molar-refractivity contribution in [3.63, 3.8) is 0 Å². The fourth-order valence-electron chi connectivity index (χ4n) is 2.70. The molecule has 0 amide bonds. The van der Waals surface area contributed by atoms with Crippen molar-refractivity contribution in [2.45, 2.75) is 39.3 Å². The van der Waals surface area contributed by atoms with Crippen LogP contribution in [-0.2, 0) is 19.4 Å². The first-order valence-electron chi connectivity index (χ1n) is 6.46. The third-order valence-corrected chi connectivity index (χ3v) is 3.80. The van der Waals surface area contributed by atoms with E-state index in [1.54, 1.807) is 0 Å². The summed E-state index contributed by atoms with van der Waals surface area (Å²) in [5, 5.41) is 7.60. The predicted molar refractivity (Wildman–Crippen MR) is 70.5 cm³/mol. The highest BCUT2D eigenvalue weighted by atomic mass is 16.5. The Morgan fingerprint density at radius 3 is 2.44 bits per heavy atom. The Labute approximate surface area is 107 Å². The smallest absolute Gasteiger partial charge is 0.138 e. The Morgan fingerprint density at radius 1 is 1.22 bits per heavy atom. The average Bonchev–Trinajstić information content (AvgIpc) is 2.91. The Bertz CT molecular complexity index is 515. The molecule has 3 nitrogen and oxygen atoms in total. The van der Waals surface area contributed by atoms with E-state index in [1.807, 2.05) is 13.8 Å². The van der Waals surface area contributed by atoms with Gasteiger partial charge in [-0.25, -0.2) is 0 Å². The Kier molecular flexibility index (Phi) is 2.92. The molecule has 0 bridgehead atoms. The number of aryl methyl sites for hydroxylation is 2. The molecule has 1 aromatic carbocycles. The maximum Gasteiger partial charge on any atom is 0.138 e. The second-order valence-corrected chi connectivity index (χ2v) is 5.06. The number of hydrogen-bond donors (Lipinski definition) is 1. The first-order chi connectivity index (χ1) is 8.74. The van der Waals surface area contributed by atoms with Crippen molar-refractivity contribution in [3.05, 3.63) is 52.4 Å². The molecule has 1 N–H and O–H groups in total. The highest BCUT2D eigenvalue weighted by Crippen LogP contribution is 2.22. The van der Waals surface area contributed by atoms with Crippen molar-refractivity contribution in [1.82, 2.24) is 10.5 Å². The second-order valence-electron chi connectivity index (χ2n) is 5.06. The van der Waals surface area contributed by atoms with Crippen LogP contribution in [0.25, 0.3) is 0 Å². The SMILES string of the molecule is Cc1noc(C)c1CNC1Cc2ccccc2C1. The molecule has 0 saturated heterocycles. The van der Waals surface area contributed by atoms with Crippen molar-refractivity contribution in [1.29, 1.82) is 0 Å². The summed E-state index contributed by atoms with van der Waals surface area (Å²) in [6, 6.07) is 9.24. The Balaban J connectivity index is 1.64. The topological polar surface area (TPSA) is 38.1 Å². The van der Waals surface area contributed by atoms with Gasteiger partial charge in [-0.15, -0.1) is 0 Å². The highest BCUT2D eigenvalue weighted by Gasteiger charge is 2.21. The number of benzene rings is 1. The standard InChI is InChI=1S/C15H18N2O/c1-10-15(11(2)18-17-10)9-16-14-7-12-5-3-4-6-13(12)8-14/h3-6,14,16H,7-9H2,1-2H3. The van der Waals surface area contributed by atoms with Crippen LogP contribution in [0.3, 0.4) is 0 Å². The van der Waals surface area contributed by atoms with Crippen molar-refractivity contribution < 1.29 is 4.52 Å². The summed E-state index contributed by atoms with van der Waals surface area (Å²) in [5.41, 5.74) is 5.16. The number of nitrogens with one attached hydrogen (secondary N) is 1. The second kappa shape index (κ2) is 4.58. The van der Waals surface area contributed by atoms with Crippen molar-refractivity contribution in [2.75, 3.05) is 0 Å². The zero-order chi connectivity index (χ0) is 12.5. The Morgan fingerprint density at radius 2 is 1.89 bits per heavy atom. The summed E-state index contributed by atoms with van der Waals surface area (Å²) in [4.78, 5) is 0. The number of aromatic nitrogens is 1. The molecule has 0 spiro atoms. The molecule has 1 aliphatic carbocycles. The fourth-order valence-corrected chi connectivity index (χ4v) is 2.70.